The standard InChI is InChI=1S/C23H22N2O4/c1-27-20-10-8-16(22(12-20)28-2)7-9-19-11-21(13-23(26)25-19)29-15-18-6-4-3-5-17(18)14-24/h3-6,8,10-13H,7,9,15H2,1-2H3,(H,25,26). The van der Waals surface area contributed by atoms with Crippen molar-refractivity contribution in [3.05, 3.63) is 87.3 Å². The molecule has 3 aromatic rings. The highest BCUT2D eigenvalue weighted by Gasteiger charge is 2.08. The average molecular weight is 390 g/mol. The number of hydrogen-bond acceptors (Lipinski definition) is 5. The number of aromatic nitrogens is 1. The first-order valence-electron chi connectivity index (χ1n) is 9.18. The minimum atomic E-state index is -0.229. The molecule has 6 heteroatoms. The van der Waals surface area contributed by atoms with Crippen LogP contribution in [0.25, 0.3) is 0 Å². The fourth-order valence-corrected chi connectivity index (χ4v) is 3.04. The molecule has 0 aliphatic carbocycles. The number of hydrogen-bond donors (Lipinski definition) is 1. The molecule has 0 saturated carbocycles. The lowest BCUT2D eigenvalue weighted by molar-refractivity contribution is 0.305. The molecule has 1 aromatic heterocycles. The molecule has 3 rings (SSSR count). The van der Waals surface area contributed by atoms with Gasteiger partial charge in [0.05, 0.1) is 25.9 Å². The highest BCUT2D eigenvalue weighted by atomic mass is 16.5. The van der Waals surface area contributed by atoms with Crippen molar-refractivity contribution >= 4 is 0 Å². The van der Waals surface area contributed by atoms with Crippen molar-refractivity contribution in [2.45, 2.75) is 19.4 Å². The molecule has 6 nitrogen and oxygen atoms in total. The Hall–Kier alpha value is -3.72. The highest BCUT2D eigenvalue weighted by molar-refractivity contribution is 5.41. The Bertz CT molecular complexity index is 1080. The van der Waals surface area contributed by atoms with Crippen molar-refractivity contribution in [2.24, 2.45) is 0 Å². The lowest BCUT2D eigenvalue weighted by Gasteiger charge is -2.11. The van der Waals surface area contributed by atoms with Crippen LogP contribution in [-0.4, -0.2) is 19.2 Å². The highest BCUT2D eigenvalue weighted by Crippen LogP contribution is 2.26. The zero-order valence-corrected chi connectivity index (χ0v) is 16.4. The maximum Gasteiger partial charge on any atom is 0.251 e. The van der Waals surface area contributed by atoms with E-state index in [9.17, 15) is 10.1 Å². The van der Waals surface area contributed by atoms with E-state index in [-0.39, 0.29) is 12.2 Å². The molecular formula is C23H22N2O4. The van der Waals surface area contributed by atoms with Crippen molar-refractivity contribution in [3.8, 4) is 23.3 Å². The van der Waals surface area contributed by atoms with Crippen LogP contribution in [0.2, 0.25) is 0 Å². The molecule has 0 unspecified atom stereocenters. The van der Waals surface area contributed by atoms with Crippen LogP contribution < -0.4 is 19.8 Å². The first kappa shape index (κ1) is 20.0. The molecular weight excluding hydrogens is 368 g/mol. The first-order chi connectivity index (χ1) is 14.1. The van der Waals surface area contributed by atoms with E-state index in [2.05, 4.69) is 11.1 Å². The number of nitriles is 1. The summed E-state index contributed by atoms with van der Waals surface area (Å²) in [7, 11) is 3.23. The van der Waals surface area contributed by atoms with E-state index in [1.54, 1.807) is 26.4 Å². The van der Waals surface area contributed by atoms with Crippen LogP contribution in [0.15, 0.2) is 59.4 Å². The van der Waals surface area contributed by atoms with Gasteiger partial charge in [0.25, 0.3) is 5.56 Å². The number of nitrogens with one attached hydrogen (secondary N) is 1. The number of nitrogens with zero attached hydrogens (tertiary/aromatic N) is 1. The summed E-state index contributed by atoms with van der Waals surface area (Å²) in [6, 6.07) is 18.3. The molecule has 0 saturated heterocycles. The molecule has 0 spiro atoms. The zero-order valence-electron chi connectivity index (χ0n) is 16.4. The van der Waals surface area contributed by atoms with Gasteiger partial charge >= 0.3 is 0 Å². The van der Waals surface area contributed by atoms with Crippen LogP contribution in [0.1, 0.15) is 22.4 Å². The lowest BCUT2D eigenvalue weighted by atomic mass is 10.1. The third kappa shape index (κ3) is 5.17. The maximum atomic E-state index is 12.0. The molecule has 0 fully saturated rings. The molecule has 0 amide bonds. The van der Waals surface area contributed by atoms with E-state index in [0.717, 1.165) is 28.3 Å². The molecule has 148 valence electrons. The summed E-state index contributed by atoms with van der Waals surface area (Å²) < 4.78 is 16.4. The number of aryl methyl sites for hydroxylation is 2. The molecule has 0 aliphatic heterocycles. The second kappa shape index (κ2) is 9.47. The van der Waals surface area contributed by atoms with Crippen molar-refractivity contribution < 1.29 is 14.2 Å². The number of benzene rings is 2. The Morgan fingerprint density at radius 2 is 1.76 bits per heavy atom. The topological polar surface area (TPSA) is 84.3 Å². The van der Waals surface area contributed by atoms with Gasteiger partial charge in [-0.2, -0.15) is 5.26 Å². The van der Waals surface area contributed by atoms with Crippen molar-refractivity contribution in [1.29, 1.82) is 5.26 Å². The van der Waals surface area contributed by atoms with E-state index < -0.39 is 0 Å². The Morgan fingerprint density at radius 3 is 2.52 bits per heavy atom. The molecule has 0 atom stereocenters. The first-order valence-corrected chi connectivity index (χ1v) is 9.18. The van der Waals surface area contributed by atoms with Gasteiger partial charge in [0.15, 0.2) is 0 Å². The summed E-state index contributed by atoms with van der Waals surface area (Å²) >= 11 is 0. The number of pyridine rings is 1. The summed E-state index contributed by atoms with van der Waals surface area (Å²) in [5, 5.41) is 9.18. The third-order valence-electron chi connectivity index (χ3n) is 4.56. The number of H-pyrrole nitrogens is 1. The third-order valence-corrected chi connectivity index (χ3v) is 4.56. The molecule has 0 bridgehead atoms. The summed E-state index contributed by atoms with van der Waals surface area (Å²) in [6.07, 6.45) is 1.30. The van der Waals surface area contributed by atoms with E-state index >= 15 is 0 Å². The normalized spacial score (nSPS) is 10.2. The SMILES string of the molecule is COc1ccc(CCc2cc(OCc3ccccc3C#N)cc(=O)[nH]2)c(OC)c1. The summed E-state index contributed by atoms with van der Waals surface area (Å²) in [5.74, 6) is 1.94. The van der Waals surface area contributed by atoms with Gasteiger partial charge in [-0.05, 0) is 36.6 Å². The molecule has 1 N–H and O–H groups in total. The van der Waals surface area contributed by atoms with Gasteiger partial charge in [-0.15, -0.1) is 0 Å². The van der Waals surface area contributed by atoms with Crippen molar-refractivity contribution in [3.63, 3.8) is 0 Å². The smallest absolute Gasteiger partial charge is 0.251 e. The van der Waals surface area contributed by atoms with Crippen LogP contribution in [0.5, 0.6) is 17.2 Å². The predicted molar refractivity (Wildman–Crippen MR) is 110 cm³/mol. The van der Waals surface area contributed by atoms with Crippen LogP contribution in [0, 0.1) is 11.3 Å². The molecule has 29 heavy (non-hydrogen) atoms. The molecule has 0 radical (unpaired) electrons. The van der Waals surface area contributed by atoms with Crippen molar-refractivity contribution in [2.75, 3.05) is 14.2 Å². The van der Waals surface area contributed by atoms with Gasteiger partial charge in [-0.3, -0.25) is 4.79 Å². The van der Waals surface area contributed by atoms with Crippen LogP contribution in [0.3, 0.4) is 0 Å². The minimum absolute atomic E-state index is 0.221. The summed E-state index contributed by atoms with van der Waals surface area (Å²) in [5.41, 5.74) is 2.89. The van der Waals surface area contributed by atoms with Crippen LogP contribution >= 0.6 is 0 Å². The second-order valence-corrected chi connectivity index (χ2v) is 6.44. The van der Waals surface area contributed by atoms with Crippen LogP contribution in [0.4, 0.5) is 0 Å². The van der Waals surface area contributed by atoms with Gasteiger partial charge in [0.2, 0.25) is 0 Å². The zero-order chi connectivity index (χ0) is 20.6. The predicted octanol–water partition coefficient (Wildman–Crippen LogP) is 3.63. The number of aromatic amines is 1. The number of ether oxygens (including phenoxy) is 3. The lowest BCUT2D eigenvalue weighted by Crippen LogP contribution is -2.10. The van der Waals surface area contributed by atoms with E-state index in [1.165, 1.54) is 6.07 Å². The van der Waals surface area contributed by atoms with Gasteiger partial charge in [-0.1, -0.05) is 24.3 Å². The fraction of sp³-hybridized carbons (Fsp3) is 0.217. The van der Waals surface area contributed by atoms with Gasteiger partial charge < -0.3 is 19.2 Å². The Kier molecular flexibility index (Phi) is 6.54. The quantitative estimate of drug-likeness (QED) is 0.635. The number of methoxy groups -OCH3 is 2. The molecule has 1 heterocycles. The number of rotatable bonds is 8. The average Bonchev–Trinajstić information content (AvgIpc) is 2.76. The van der Waals surface area contributed by atoms with Crippen LogP contribution in [-0.2, 0) is 19.4 Å². The monoisotopic (exact) mass is 390 g/mol. The van der Waals surface area contributed by atoms with Gasteiger partial charge in [0.1, 0.15) is 23.9 Å². The van der Waals surface area contributed by atoms with E-state index in [4.69, 9.17) is 14.2 Å². The summed E-state index contributed by atoms with van der Waals surface area (Å²) in [6.45, 7) is 0.221. The van der Waals surface area contributed by atoms with E-state index in [1.807, 2.05) is 36.4 Å². The fourth-order valence-electron chi connectivity index (χ4n) is 3.04. The van der Waals surface area contributed by atoms with Crippen molar-refractivity contribution in [1.82, 2.24) is 4.98 Å². The van der Waals surface area contributed by atoms with E-state index in [0.29, 0.717) is 24.2 Å². The Labute approximate surface area is 169 Å². The maximum absolute atomic E-state index is 12.0. The Morgan fingerprint density at radius 1 is 0.931 bits per heavy atom. The van der Waals surface area contributed by atoms with Gasteiger partial charge in [0, 0.05) is 23.4 Å². The molecule has 2 aromatic carbocycles. The van der Waals surface area contributed by atoms with Gasteiger partial charge in [-0.25, -0.2) is 0 Å². The Balaban J connectivity index is 1.71. The second-order valence-electron chi connectivity index (χ2n) is 6.44. The summed E-state index contributed by atoms with van der Waals surface area (Å²) in [4.78, 5) is 14.9. The minimum Gasteiger partial charge on any atom is -0.497 e. The molecule has 0 aliphatic rings. The largest absolute Gasteiger partial charge is 0.497 e.